The molecule has 0 saturated heterocycles. The third kappa shape index (κ3) is 2.22. The van der Waals surface area contributed by atoms with Gasteiger partial charge in [0.15, 0.2) is 5.65 Å². The predicted octanol–water partition coefficient (Wildman–Crippen LogP) is 3.35. The zero-order chi connectivity index (χ0) is 13.2. The topological polar surface area (TPSA) is 47.9 Å². The first-order chi connectivity index (χ1) is 9.28. The molecule has 2 aromatic heterocycles. The van der Waals surface area contributed by atoms with E-state index in [-0.39, 0.29) is 0 Å². The van der Waals surface area contributed by atoms with Gasteiger partial charge in [-0.1, -0.05) is 11.6 Å². The number of nitrogens with zero attached hydrogens (tertiary/aromatic N) is 3. The highest BCUT2D eigenvalue weighted by atomic mass is 35.5. The number of hydrogen-bond acceptors (Lipinski definition) is 4. The van der Waals surface area contributed by atoms with Crippen LogP contribution in [-0.4, -0.2) is 22.1 Å². The molecule has 1 aromatic carbocycles. The number of fused-ring (bicyclic) bond motifs is 1. The van der Waals surface area contributed by atoms with Crippen LogP contribution in [0.4, 0.5) is 0 Å². The highest BCUT2D eigenvalue weighted by Crippen LogP contribution is 2.29. The average Bonchev–Trinajstić information content (AvgIpc) is 2.46. The first kappa shape index (κ1) is 11.9. The summed E-state index contributed by atoms with van der Waals surface area (Å²) < 4.78 is 5.13. The van der Waals surface area contributed by atoms with Crippen molar-refractivity contribution < 1.29 is 4.74 Å². The summed E-state index contributed by atoms with van der Waals surface area (Å²) in [7, 11) is 1.58. The largest absolute Gasteiger partial charge is 0.495 e. The number of ether oxygens (including phenoxy) is 1. The number of aromatic nitrogens is 3. The molecule has 0 radical (unpaired) electrons. The van der Waals surface area contributed by atoms with Crippen molar-refractivity contribution in [1.29, 1.82) is 0 Å². The second kappa shape index (κ2) is 4.82. The van der Waals surface area contributed by atoms with E-state index < -0.39 is 0 Å². The number of benzene rings is 1. The molecule has 0 aliphatic rings. The molecule has 0 aliphatic carbocycles. The number of methoxy groups -OCH3 is 1. The molecule has 0 amide bonds. The highest BCUT2D eigenvalue weighted by Gasteiger charge is 2.06. The summed E-state index contributed by atoms with van der Waals surface area (Å²) in [5.41, 5.74) is 3.00. The minimum absolute atomic E-state index is 0.544. The summed E-state index contributed by atoms with van der Waals surface area (Å²) in [6.45, 7) is 0. The van der Waals surface area contributed by atoms with E-state index in [1.165, 1.54) is 0 Å². The lowest BCUT2D eigenvalue weighted by Crippen LogP contribution is -1.91. The van der Waals surface area contributed by atoms with Crippen LogP contribution >= 0.6 is 11.6 Å². The molecule has 0 atom stereocenters. The maximum atomic E-state index is 6.11. The van der Waals surface area contributed by atoms with Crippen LogP contribution in [-0.2, 0) is 0 Å². The number of hydrogen-bond donors (Lipinski definition) is 0. The number of pyridine rings is 1. The summed E-state index contributed by atoms with van der Waals surface area (Å²) >= 11 is 6.11. The minimum atomic E-state index is 0.544. The van der Waals surface area contributed by atoms with Crippen LogP contribution in [0.1, 0.15) is 0 Å². The Bertz CT molecular complexity index is 746. The van der Waals surface area contributed by atoms with Crippen molar-refractivity contribution in [3.63, 3.8) is 0 Å². The Morgan fingerprint density at radius 2 is 2.05 bits per heavy atom. The van der Waals surface area contributed by atoms with Gasteiger partial charge in [-0.05, 0) is 30.3 Å². The maximum Gasteiger partial charge on any atom is 0.178 e. The van der Waals surface area contributed by atoms with Gasteiger partial charge in [0.25, 0.3) is 0 Å². The van der Waals surface area contributed by atoms with Gasteiger partial charge < -0.3 is 4.74 Å². The summed E-state index contributed by atoms with van der Waals surface area (Å²) in [4.78, 5) is 13.0. The summed E-state index contributed by atoms with van der Waals surface area (Å²) in [5, 5.41) is 0.544. The number of rotatable bonds is 2. The molecule has 0 unspecified atom stereocenters. The molecule has 19 heavy (non-hydrogen) atoms. The first-order valence-electron chi connectivity index (χ1n) is 5.69. The van der Waals surface area contributed by atoms with Crippen molar-refractivity contribution in [3.8, 4) is 17.0 Å². The highest BCUT2D eigenvalue weighted by molar-refractivity contribution is 6.32. The lowest BCUT2D eigenvalue weighted by molar-refractivity contribution is 0.415. The molecule has 0 fully saturated rings. The van der Waals surface area contributed by atoms with E-state index in [0.29, 0.717) is 16.4 Å². The minimum Gasteiger partial charge on any atom is -0.495 e. The fourth-order valence-corrected chi connectivity index (χ4v) is 2.07. The van der Waals surface area contributed by atoms with Gasteiger partial charge in [0.05, 0.1) is 24.0 Å². The van der Waals surface area contributed by atoms with Crippen LogP contribution in [0.2, 0.25) is 5.02 Å². The Kier molecular flexibility index (Phi) is 3.01. The normalized spacial score (nSPS) is 10.6. The molecule has 0 saturated carbocycles. The molecular weight excluding hydrogens is 262 g/mol. The van der Waals surface area contributed by atoms with Crippen molar-refractivity contribution in [2.75, 3.05) is 7.11 Å². The van der Waals surface area contributed by atoms with Crippen LogP contribution in [0.25, 0.3) is 22.4 Å². The Morgan fingerprint density at radius 3 is 2.84 bits per heavy atom. The van der Waals surface area contributed by atoms with Gasteiger partial charge >= 0.3 is 0 Å². The van der Waals surface area contributed by atoms with Gasteiger partial charge in [0.1, 0.15) is 11.3 Å². The lowest BCUT2D eigenvalue weighted by Gasteiger charge is -2.06. The maximum absolute atomic E-state index is 6.11. The fraction of sp³-hybridized carbons (Fsp3) is 0.0714. The predicted molar refractivity (Wildman–Crippen MR) is 74.3 cm³/mol. The smallest absolute Gasteiger partial charge is 0.178 e. The molecule has 0 aliphatic heterocycles. The van der Waals surface area contributed by atoms with E-state index >= 15 is 0 Å². The zero-order valence-electron chi connectivity index (χ0n) is 10.2. The van der Waals surface area contributed by atoms with E-state index in [1.54, 1.807) is 25.6 Å². The third-order valence-electron chi connectivity index (χ3n) is 2.77. The van der Waals surface area contributed by atoms with E-state index in [9.17, 15) is 0 Å². The van der Waals surface area contributed by atoms with Crippen LogP contribution in [0.5, 0.6) is 5.75 Å². The molecule has 4 nitrogen and oxygen atoms in total. The van der Waals surface area contributed by atoms with E-state index in [1.807, 2.05) is 24.3 Å². The molecule has 2 heterocycles. The monoisotopic (exact) mass is 271 g/mol. The van der Waals surface area contributed by atoms with Crippen molar-refractivity contribution in [2.45, 2.75) is 0 Å². The molecule has 5 heteroatoms. The molecule has 3 rings (SSSR count). The SMILES string of the molecule is COc1ccc(-c2cnc3cccnc3n2)cc1Cl. The molecule has 0 bridgehead atoms. The lowest BCUT2D eigenvalue weighted by atomic mass is 10.1. The second-order valence-electron chi connectivity index (χ2n) is 3.95. The Labute approximate surface area is 115 Å². The van der Waals surface area contributed by atoms with Crippen LogP contribution < -0.4 is 4.74 Å². The molecule has 0 spiro atoms. The third-order valence-corrected chi connectivity index (χ3v) is 3.06. The first-order valence-corrected chi connectivity index (χ1v) is 6.07. The second-order valence-corrected chi connectivity index (χ2v) is 4.36. The Hall–Kier alpha value is -2.20. The Morgan fingerprint density at radius 1 is 1.16 bits per heavy atom. The number of halogens is 1. The van der Waals surface area contributed by atoms with Crippen molar-refractivity contribution in [3.05, 3.63) is 47.7 Å². The van der Waals surface area contributed by atoms with Crippen molar-refractivity contribution in [2.24, 2.45) is 0 Å². The fourth-order valence-electron chi connectivity index (χ4n) is 1.81. The van der Waals surface area contributed by atoms with Gasteiger partial charge in [0.2, 0.25) is 0 Å². The van der Waals surface area contributed by atoms with Crippen LogP contribution in [0.15, 0.2) is 42.7 Å². The quantitative estimate of drug-likeness (QED) is 0.717. The Balaban J connectivity index is 2.11. The van der Waals surface area contributed by atoms with Gasteiger partial charge in [-0.2, -0.15) is 0 Å². The van der Waals surface area contributed by atoms with Crippen LogP contribution in [0, 0.1) is 0 Å². The van der Waals surface area contributed by atoms with Crippen LogP contribution in [0.3, 0.4) is 0 Å². The van der Waals surface area contributed by atoms with Gasteiger partial charge in [-0.15, -0.1) is 0 Å². The summed E-state index contributed by atoms with van der Waals surface area (Å²) in [5.74, 6) is 0.636. The summed E-state index contributed by atoms with van der Waals surface area (Å²) in [6.07, 6.45) is 3.41. The van der Waals surface area contributed by atoms with E-state index in [2.05, 4.69) is 15.0 Å². The van der Waals surface area contributed by atoms with E-state index in [4.69, 9.17) is 16.3 Å². The molecule has 0 N–H and O–H groups in total. The van der Waals surface area contributed by atoms with E-state index in [0.717, 1.165) is 16.8 Å². The van der Waals surface area contributed by atoms with Gasteiger partial charge in [-0.3, -0.25) is 4.98 Å². The standard InChI is InChI=1S/C14H10ClN3O/c1-19-13-5-4-9(7-10(13)15)12-8-17-11-3-2-6-16-14(11)18-12/h2-8H,1H3. The summed E-state index contributed by atoms with van der Waals surface area (Å²) in [6, 6.07) is 9.21. The zero-order valence-corrected chi connectivity index (χ0v) is 10.9. The molecule has 3 aromatic rings. The van der Waals surface area contributed by atoms with Gasteiger partial charge in [0, 0.05) is 11.8 Å². The van der Waals surface area contributed by atoms with Gasteiger partial charge in [-0.25, -0.2) is 9.97 Å². The molecular formula is C14H10ClN3O. The van der Waals surface area contributed by atoms with Crippen molar-refractivity contribution in [1.82, 2.24) is 15.0 Å². The average molecular weight is 272 g/mol. The van der Waals surface area contributed by atoms with Crippen molar-refractivity contribution >= 4 is 22.8 Å². The molecule has 94 valence electrons.